The first-order valence-electron chi connectivity index (χ1n) is 9.50. The summed E-state index contributed by atoms with van der Waals surface area (Å²) in [7, 11) is 0.455. The van der Waals surface area contributed by atoms with Crippen LogP contribution in [0.3, 0.4) is 0 Å². The van der Waals surface area contributed by atoms with Crippen molar-refractivity contribution in [3.05, 3.63) is 58.0 Å². The molecular formula is C22H25N3O4S2. The number of rotatable bonds is 6. The molecule has 0 saturated heterocycles. The highest BCUT2D eigenvalue weighted by Gasteiger charge is 2.24. The van der Waals surface area contributed by atoms with E-state index in [1.54, 1.807) is 0 Å². The van der Waals surface area contributed by atoms with E-state index in [1.165, 1.54) is 56.3 Å². The predicted octanol–water partition coefficient (Wildman–Crippen LogP) is 4.25. The number of nitrogens with one attached hydrogen (secondary N) is 1. The minimum atomic E-state index is -3.78. The molecule has 164 valence electrons. The topological polar surface area (TPSA) is 88.6 Å². The van der Waals surface area contributed by atoms with E-state index in [9.17, 15) is 13.2 Å². The first-order chi connectivity index (χ1) is 14.5. The lowest BCUT2D eigenvalue weighted by molar-refractivity contribution is 0.102. The predicted molar refractivity (Wildman–Crippen MR) is 124 cm³/mol. The summed E-state index contributed by atoms with van der Waals surface area (Å²) in [6, 6.07) is 8.50. The molecule has 0 spiro atoms. The third-order valence-corrected chi connectivity index (χ3v) is 7.44. The molecule has 0 aliphatic carbocycles. The third kappa shape index (κ3) is 4.63. The molecule has 0 saturated carbocycles. The van der Waals surface area contributed by atoms with Gasteiger partial charge in [-0.2, -0.15) is 0 Å². The molecule has 1 amide bonds. The molecule has 1 N–H and O–H groups in total. The van der Waals surface area contributed by atoms with E-state index in [2.05, 4.69) is 29.4 Å². The van der Waals surface area contributed by atoms with E-state index >= 15 is 0 Å². The van der Waals surface area contributed by atoms with Gasteiger partial charge >= 0.3 is 0 Å². The second-order valence-corrected chi connectivity index (χ2v) is 10.4. The quantitative estimate of drug-likeness (QED) is 0.595. The fraction of sp³-hybridized carbons (Fsp3) is 0.273. The van der Waals surface area contributed by atoms with Crippen molar-refractivity contribution in [1.82, 2.24) is 9.29 Å². The van der Waals surface area contributed by atoms with E-state index in [4.69, 9.17) is 4.74 Å². The Labute approximate surface area is 186 Å². The number of thiazole rings is 1. The number of nitrogens with zero attached hydrogens (tertiary/aromatic N) is 2. The lowest BCUT2D eigenvalue weighted by Crippen LogP contribution is -2.23. The van der Waals surface area contributed by atoms with E-state index < -0.39 is 15.9 Å². The van der Waals surface area contributed by atoms with Gasteiger partial charge in [0.2, 0.25) is 10.0 Å². The zero-order valence-corrected chi connectivity index (χ0v) is 19.9. The molecule has 0 radical (unpaired) electrons. The molecule has 3 aromatic rings. The maximum Gasteiger partial charge on any atom is 0.257 e. The van der Waals surface area contributed by atoms with Crippen molar-refractivity contribution in [2.45, 2.75) is 25.7 Å². The van der Waals surface area contributed by atoms with Crippen LogP contribution < -0.4 is 10.1 Å². The van der Waals surface area contributed by atoms with E-state index in [0.717, 1.165) is 26.7 Å². The summed E-state index contributed by atoms with van der Waals surface area (Å²) in [6.45, 7) is 6.13. The molecular weight excluding hydrogens is 434 g/mol. The van der Waals surface area contributed by atoms with Gasteiger partial charge < -0.3 is 4.74 Å². The van der Waals surface area contributed by atoms with Crippen molar-refractivity contribution in [2.24, 2.45) is 0 Å². The highest BCUT2D eigenvalue weighted by Crippen LogP contribution is 2.32. The van der Waals surface area contributed by atoms with Gasteiger partial charge in [0, 0.05) is 30.6 Å². The molecule has 2 aromatic carbocycles. The molecule has 1 aromatic heterocycles. The average Bonchev–Trinajstić information content (AvgIpc) is 3.14. The Morgan fingerprint density at radius 1 is 1.10 bits per heavy atom. The number of amides is 1. The number of sulfonamides is 1. The van der Waals surface area contributed by atoms with Crippen molar-refractivity contribution < 1.29 is 17.9 Å². The smallest absolute Gasteiger partial charge is 0.257 e. The van der Waals surface area contributed by atoms with Gasteiger partial charge in [0.15, 0.2) is 5.13 Å². The van der Waals surface area contributed by atoms with Crippen LogP contribution in [-0.2, 0) is 10.0 Å². The van der Waals surface area contributed by atoms with Crippen molar-refractivity contribution in [1.29, 1.82) is 0 Å². The van der Waals surface area contributed by atoms with Gasteiger partial charge in [-0.05, 0) is 50.1 Å². The third-order valence-electron chi connectivity index (χ3n) is 4.84. The molecule has 0 aliphatic rings. The molecule has 1 heterocycles. The van der Waals surface area contributed by atoms with Crippen LogP contribution >= 0.6 is 11.3 Å². The molecule has 0 atom stereocenters. The van der Waals surface area contributed by atoms with Gasteiger partial charge in [-0.3, -0.25) is 10.1 Å². The first kappa shape index (κ1) is 22.9. The fourth-order valence-electron chi connectivity index (χ4n) is 3.42. The Kier molecular flexibility index (Phi) is 6.49. The summed E-state index contributed by atoms with van der Waals surface area (Å²) >= 11 is 1.32. The monoisotopic (exact) mass is 459 g/mol. The molecule has 0 bridgehead atoms. The Bertz CT molecular complexity index is 1220. The van der Waals surface area contributed by atoms with Gasteiger partial charge in [0.05, 0.1) is 12.8 Å². The zero-order chi connectivity index (χ0) is 22.9. The molecule has 31 heavy (non-hydrogen) atoms. The summed E-state index contributed by atoms with van der Waals surface area (Å²) in [5, 5.41) is 5.10. The van der Waals surface area contributed by atoms with Crippen LogP contribution in [0.2, 0.25) is 0 Å². The number of anilines is 1. The minimum Gasteiger partial charge on any atom is -0.495 e. The number of hydrogen-bond donors (Lipinski definition) is 1. The number of carbonyl (C=O) groups excluding carboxylic acids is 1. The maximum absolute atomic E-state index is 12.8. The van der Waals surface area contributed by atoms with Gasteiger partial charge in [-0.25, -0.2) is 17.7 Å². The van der Waals surface area contributed by atoms with Crippen LogP contribution in [0.4, 0.5) is 5.13 Å². The van der Waals surface area contributed by atoms with Gasteiger partial charge in [-0.1, -0.05) is 17.7 Å². The Balaban J connectivity index is 1.90. The first-order valence-corrected chi connectivity index (χ1v) is 11.8. The summed E-state index contributed by atoms with van der Waals surface area (Å²) in [5.74, 6) is -0.275. The molecule has 3 rings (SSSR count). The number of aromatic nitrogens is 1. The number of aryl methyl sites for hydroxylation is 3. The van der Waals surface area contributed by atoms with Crippen molar-refractivity contribution in [2.75, 3.05) is 26.5 Å². The van der Waals surface area contributed by atoms with Crippen LogP contribution in [0.5, 0.6) is 5.75 Å². The summed E-state index contributed by atoms with van der Waals surface area (Å²) in [4.78, 5) is 17.3. The van der Waals surface area contributed by atoms with Crippen LogP contribution in [0.1, 0.15) is 27.0 Å². The largest absolute Gasteiger partial charge is 0.495 e. The number of ether oxygens (including phenoxy) is 1. The van der Waals surface area contributed by atoms with Gasteiger partial charge in [0.1, 0.15) is 10.6 Å². The van der Waals surface area contributed by atoms with Crippen molar-refractivity contribution in [3.8, 4) is 17.0 Å². The Morgan fingerprint density at radius 2 is 1.74 bits per heavy atom. The van der Waals surface area contributed by atoms with Gasteiger partial charge in [0.25, 0.3) is 5.91 Å². The lowest BCUT2D eigenvalue weighted by Gasteiger charge is -2.15. The highest BCUT2D eigenvalue weighted by molar-refractivity contribution is 7.89. The number of benzene rings is 2. The van der Waals surface area contributed by atoms with Crippen LogP contribution in [-0.4, -0.2) is 44.8 Å². The van der Waals surface area contributed by atoms with Crippen molar-refractivity contribution >= 4 is 32.4 Å². The number of methoxy groups -OCH3 is 1. The van der Waals surface area contributed by atoms with Crippen LogP contribution in [0.25, 0.3) is 11.3 Å². The minimum absolute atomic E-state index is 0.0709. The van der Waals surface area contributed by atoms with E-state index in [-0.39, 0.29) is 16.2 Å². The summed E-state index contributed by atoms with van der Waals surface area (Å²) in [5.41, 5.74) is 5.46. The normalized spacial score (nSPS) is 11.6. The molecule has 9 heteroatoms. The van der Waals surface area contributed by atoms with Crippen LogP contribution in [0.15, 0.2) is 40.6 Å². The second kappa shape index (κ2) is 8.78. The summed E-state index contributed by atoms with van der Waals surface area (Å²) < 4.78 is 31.4. The van der Waals surface area contributed by atoms with E-state index in [1.807, 2.05) is 19.2 Å². The van der Waals surface area contributed by atoms with Gasteiger partial charge in [-0.15, -0.1) is 11.3 Å². The SMILES string of the molecule is COc1ccc(C(=O)Nc2nc(-c3c(C)cc(C)cc3C)cs2)cc1S(=O)(=O)N(C)C. The molecule has 0 fully saturated rings. The zero-order valence-electron chi connectivity index (χ0n) is 18.3. The standard InChI is InChI=1S/C22H25N3O4S2/c1-13-9-14(2)20(15(3)10-13)17-12-30-22(23-17)24-21(26)16-7-8-18(29-6)19(11-16)31(27,28)25(4)5/h7-12H,1-6H3,(H,23,24,26). The Hall–Kier alpha value is -2.75. The van der Waals surface area contributed by atoms with Crippen molar-refractivity contribution in [3.63, 3.8) is 0 Å². The Morgan fingerprint density at radius 3 is 2.32 bits per heavy atom. The lowest BCUT2D eigenvalue weighted by atomic mass is 9.98. The average molecular weight is 460 g/mol. The highest BCUT2D eigenvalue weighted by atomic mass is 32.2. The molecule has 0 aliphatic heterocycles. The van der Waals surface area contributed by atoms with Crippen LogP contribution in [0, 0.1) is 20.8 Å². The summed E-state index contributed by atoms with van der Waals surface area (Å²) in [6.07, 6.45) is 0. The number of carbonyl (C=O) groups is 1. The molecule has 0 unspecified atom stereocenters. The van der Waals surface area contributed by atoms with E-state index in [0.29, 0.717) is 5.13 Å². The fourth-order valence-corrected chi connectivity index (χ4v) is 5.19. The second-order valence-electron chi connectivity index (χ2n) is 7.42. The number of hydrogen-bond acceptors (Lipinski definition) is 6. The molecule has 7 nitrogen and oxygen atoms in total. The maximum atomic E-state index is 12.8.